The lowest BCUT2D eigenvalue weighted by atomic mass is 9.94. The van der Waals surface area contributed by atoms with Crippen molar-refractivity contribution in [1.29, 1.82) is 0 Å². The van der Waals surface area contributed by atoms with Crippen molar-refractivity contribution in [2.75, 3.05) is 37.0 Å². The number of thioether (sulfide) groups is 1. The fraction of sp³-hybridized carbons (Fsp3) is 0.643. The smallest absolute Gasteiger partial charge is 0.408 e. The van der Waals surface area contributed by atoms with Crippen LogP contribution in [0.5, 0.6) is 0 Å². The molecule has 2 aliphatic heterocycles. The van der Waals surface area contributed by atoms with Crippen molar-refractivity contribution in [3.63, 3.8) is 0 Å². The number of benzene rings is 1. The van der Waals surface area contributed by atoms with E-state index in [1.165, 1.54) is 0 Å². The molecular weight excluding hydrogens is 504 g/mol. The van der Waals surface area contributed by atoms with Crippen LogP contribution in [0.15, 0.2) is 24.3 Å². The average molecular weight is 547 g/mol. The molecule has 9 nitrogen and oxygen atoms in total. The molecule has 0 radical (unpaired) electrons. The van der Waals surface area contributed by atoms with Gasteiger partial charge in [0.25, 0.3) is 0 Å². The second kappa shape index (κ2) is 13.4. The van der Waals surface area contributed by atoms with Crippen molar-refractivity contribution in [1.82, 2.24) is 15.1 Å². The van der Waals surface area contributed by atoms with Crippen LogP contribution in [0, 0.1) is 12.8 Å². The molecule has 2 N–H and O–H groups in total. The van der Waals surface area contributed by atoms with E-state index in [4.69, 9.17) is 4.74 Å². The number of alkyl carbamates (subject to hydrolysis) is 1. The number of ether oxygens (including phenoxy) is 1. The summed E-state index contributed by atoms with van der Waals surface area (Å²) in [6, 6.07) is 6.47. The minimum Gasteiger partial charge on any atom is -0.444 e. The van der Waals surface area contributed by atoms with Crippen LogP contribution >= 0.6 is 11.8 Å². The molecule has 0 aliphatic carbocycles. The van der Waals surface area contributed by atoms with E-state index < -0.39 is 23.8 Å². The molecule has 10 heteroatoms. The maximum Gasteiger partial charge on any atom is 0.408 e. The Bertz CT molecular complexity index is 986. The Balaban J connectivity index is 1.55. The van der Waals surface area contributed by atoms with E-state index in [2.05, 4.69) is 10.6 Å². The van der Waals surface area contributed by atoms with E-state index in [0.29, 0.717) is 45.3 Å². The molecule has 0 bridgehead atoms. The Labute approximate surface area is 230 Å². The summed E-state index contributed by atoms with van der Waals surface area (Å²) in [5, 5.41) is 5.69. The molecule has 2 heterocycles. The number of hydrogen-bond donors (Lipinski definition) is 2. The number of carbonyl (C=O) groups is 4. The number of rotatable bonds is 8. The van der Waals surface area contributed by atoms with Gasteiger partial charge in [0.15, 0.2) is 0 Å². The first-order chi connectivity index (χ1) is 18.0. The SMILES string of the molecule is CSCC[C@H](NC(=O)OC(C)(C)C)C(=O)N1CCC(C(=O)N2CCC[C@@H]2C(=O)Nc2ccc(C)cc2)CC1. The zero-order chi connectivity index (χ0) is 27.9. The van der Waals surface area contributed by atoms with Gasteiger partial charge in [0.2, 0.25) is 17.7 Å². The van der Waals surface area contributed by atoms with E-state index in [-0.39, 0.29) is 23.6 Å². The Morgan fingerprint density at radius 3 is 2.32 bits per heavy atom. The maximum absolute atomic E-state index is 13.4. The predicted molar refractivity (Wildman–Crippen MR) is 150 cm³/mol. The summed E-state index contributed by atoms with van der Waals surface area (Å²) in [5.41, 5.74) is 1.19. The van der Waals surface area contributed by atoms with Crippen LogP contribution < -0.4 is 10.6 Å². The first-order valence-corrected chi connectivity index (χ1v) is 14.8. The van der Waals surface area contributed by atoms with Crippen LogP contribution in [0.2, 0.25) is 0 Å². The highest BCUT2D eigenvalue weighted by Crippen LogP contribution is 2.27. The maximum atomic E-state index is 13.4. The molecule has 210 valence electrons. The molecule has 0 unspecified atom stereocenters. The lowest BCUT2D eigenvalue weighted by Crippen LogP contribution is -2.53. The topological polar surface area (TPSA) is 108 Å². The number of nitrogens with zero attached hydrogens (tertiary/aromatic N) is 2. The lowest BCUT2D eigenvalue weighted by Gasteiger charge is -2.36. The van der Waals surface area contributed by atoms with Crippen molar-refractivity contribution < 1.29 is 23.9 Å². The van der Waals surface area contributed by atoms with Gasteiger partial charge in [-0.25, -0.2) is 4.79 Å². The summed E-state index contributed by atoms with van der Waals surface area (Å²) in [5.74, 6) is 0.187. The molecule has 0 aromatic heterocycles. The van der Waals surface area contributed by atoms with Crippen LogP contribution in [0.4, 0.5) is 10.5 Å². The van der Waals surface area contributed by atoms with E-state index in [1.54, 1.807) is 42.3 Å². The van der Waals surface area contributed by atoms with E-state index in [9.17, 15) is 19.2 Å². The number of aryl methyl sites for hydroxylation is 1. The minimum absolute atomic E-state index is 0.00975. The van der Waals surface area contributed by atoms with E-state index in [0.717, 1.165) is 23.4 Å². The Morgan fingerprint density at radius 2 is 1.71 bits per heavy atom. The molecule has 2 atom stereocenters. The molecule has 4 amide bonds. The van der Waals surface area contributed by atoms with Gasteiger partial charge in [0, 0.05) is 31.2 Å². The van der Waals surface area contributed by atoms with Crippen LogP contribution in [0.3, 0.4) is 0 Å². The Kier molecular flexibility index (Phi) is 10.5. The quantitative estimate of drug-likeness (QED) is 0.514. The Morgan fingerprint density at radius 1 is 1.05 bits per heavy atom. The largest absolute Gasteiger partial charge is 0.444 e. The first kappa shape index (κ1) is 29.8. The molecule has 2 saturated heterocycles. The van der Waals surface area contributed by atoms with Crippen molar-refractivity contribution in [2.45, 2.75) is 77.5 Å². The van der Waals surface area contributed by atoms with Crippen LogP contribution in [0.1, 0.15) is 58.4 Å². The third kappa shape index (κ3) is 8.38. The van der Waals surface area contributed by atoms with Gasteiger partial charge >= 0.3 is 6.09 Å². The van der Waals surface area contributed by atoms with Crippen molar-refractivity contribution >= 4 is 41.3 Å². The van der Waals surface area contributed by atoms with Gasteiger partial charge in [-0.1, -0.05) is 17.7 Å². The highest BCUT2D eigenvalue weighted by atomic mass is 32.2. The molecule has 2 aliphatic rings. The fourth-order valence-electron chi connectivity index (χ4n) is 4.91. The zero-order valence-electron chi connectivity index (χ0n) is 23.2. The van der Waals surface area contributed by atoms with Gasteiger partial charge in [-0.2, -0.15) is 11.8 Å². The molecule has 1 aromatic rings. The highest BCUT2D eigenvalue weighted by molar-refractivity contribution is 7.98. The number of carbonyl (C=O) groups excluding carboxylic acids is 4. The highest BCUT2D eigenvalue weighted by Gasteiger charge is 2.39. The molecule has 3 rings (SSSR count). The third-order valence-corrected chi connectivity index (χ3v) is 7.56. The summed E-state index contributed by atoms with van der Waals surface area (Å²) in [4.78, 5) is 55.4. The van der Waals surface area contributed by atoms with Gasteiger partial charge < -0.3 is 25.2 Å². The molecule has 0 saturated carbocycles. The van der Waals surface area contributed by atoms with Crippen LogP contribution in [0.25, 0.3) is 0 Å². The number of amides is 4. The van der Waals surface area contributed by atoms with Gasteiger partial charge in [0.1, 0.15) is 17.7 Å². The third-order valence-electron chi connectivity index (χ3n) is 6.91. The first-order valence-electron chi connectivity index (χ1n) is 13.4. The van der Waals surface area contributed by atoms with E-state index >= 15 is 0 Å². The van der Waals surface area contributed by atoms with Crippen molar-refractivity contribution in [3.05, 3.63) is 29.8 Å². The van der Waals surface area contributed by atoms with E-state index in [1.807, 2.05) is 37.4 Å². The summed E-state index contributed by atoms with van der Waals surface area (Å²) in [6.45, 7) is 8.78. The average Bonchev–Trinajstić information content (AvgIpc) is 3.36. The number of piperidine rings is 1. The zero-order valence-corrected chi connectivity index (χ0v) is 24.1. The lowest BCUT2D eigenvalue weighted by molar-refractivity contribution is -0.144. The summed E-state index contributed by atoms with van der Waals surface area (Å²) < 4.78 is 5.35. The number of nitrogens with one attached hydrogen (secondary N) is 2. The minimum atomic E-state index is -0.669. The number of likely N-dealkylation sites (tertiary alicyclic amines) is 2. The van der Waals surface area contributed by atoms with Gasteiger partial charge in [0.05, 0.1) is 0 Å². The van der Waals surface area contributed by atoms with Gasteiger partial charge in [-0.3, -0.25) is 14.4 Å². The second-order valence-corrected chi connectivity index (χ2v) is 12.1. The summed E-state index contributed by atoms with van der Waals surface area (Å²) in [7, 11) is 0. The molecule has 38 heavy (non-hydrogen) atoms. The monoisotopic (exact) mass is 546 g/mol. The van der Waals surface area contributed by atoms with Crippen molar-refractivity contribution in [3.8, 4) is 0 Å². The number of anilines is 1. The molecule has 2 fully saturated rings. The molecule has 1 aromatic carbocycles. The van der Waals surface area contributed by atoms with Crippen LogP contribution in [-0.2, 0) is 19.1 Å². The molecule has 0 spiro atoms. The summed E-state index contributed by atoms with van der Waals surface area (Å²) >= 11 is 1.61. The second-order valence-electron chi connectivity index (χ2n) is 11.1. The van der Waals surface area contributed by atoms with Gasteiger partial charge in [-0.15, -0.1) is 0 Å². The van der Waals surface area contributed by atoms with Crippen molar-refractivity contribution in [2.24, 2.45) is 5.92 Å². The number of hydrogen-bond acceptors (Lipinski definition) is 6. The molecular formula is C28H42N4O5S. The predicted octanol–water partition coefficient (Wildman–Crippen LogP) is 3.81. The Hall–Kier alpha value is -2.75. The normalized spacial score (nSPS) is 19.1. The standard InChI is InChI=1S/C28H42N4O5S/c1-19-8-10-21(11-9-19)29-24(33)23-7-6-15-32(23)25(34)20-12-16-31(17-13-20)26(35)22(14-18-38-5)30-27(36)37-28(2,3)4/h8-11,20,22-23H,6-7,12-18H2,1-5H3,(H,29,33)(H,30,36)/t22-,23+/m0/s1. The summed E-state index contributed by atoms with van der Waals surface area (Å²) in [6.07, 6.45) is 4.37. The van der Waals surface area contributed by atoms with Gasteiger partial charge in [-0.05, 0) is 83.9 Å². The van der Waals surface area contributed by atoms with Crippen LogP contribution in [-0.4, -0.2) is 82.9 Å². The fourth-order valence-corrected chi connectivity index (χ4v) is 5.38.